The predicted molar refractivity (Wildman–Crippen MR) is 109 cm³/mol. The summed E-state index contributed by atoms with van der Waals surface area (Å²) in [6.45, 7) is 0.270. The van der Waals surface area contributed by atoms with Gasteiger partial charge < -0.3 is 14.6 Å². The Kier molecular flexibility index (Phi) is 5.13. The lowest BCUT2D eigenvalue weighted by atomic mass is 10.1. The van der Waals surface area contributed by atoms with E-state index in [0.717, 1.165) is 11.6 Å². The lowest BCUT2D eigenvalue weighted by Crippen LogP contribution is -2.31. The van der Waals surface area contributed by atoms with Crippen LogP contribution >= 0.6 is 23.2 Å². The number of cyclic esters (lactones) is 1. The Morgan fingerprint density at radius 1 is 1.07 bits per heavy atom. The van der Waals surface area contributed by atoms with Gasteiger partial charge in [0, 0.05) is 38.8 Å². The lowest BCUT2D eigenvalue weighted by Gasteiger charge is -2.09. The summed E-state index contributed by atoms with van der Waals surface area (Å²) in [6, 6.07) is 12.5. The Morgan fingerprint density at radius 3 is 2.48 bits per heavy atom. The highest BCUT2D eigenvalue weighted by Crippen LogP contribution is 2.28. The standard InChI is InChI=1S/C21H14Cl2N2O4/c22-16-5-3-6-17(23)15(16)10-25-9-14(13-4-1-2-7-18(13)25)20(27)21(28)24-12-8-19(26)29-11-12/h1-9H,10-11H2,(H,24,28). The minimum atomic E-state index is -0.840. The van der Waals surface area contributed by atoms with Crippen LogP contribution < -0.4 is 5.32 Å². The van der Waals surface area contributed by atoms with Gasteiger partial charge in [0.25, 0.3) is 11.7 Å². The van der Waals surface area contributed by atoms with Crippen molar-refractivity contribution >= 4 is 51.8 Å². The predicted octanol–water partition coefficient (Wildman–Crippen LogP) is 3.74. The number of esters is 1. The molecule has 0 spiro atoms. The monoisotopic (exact) mass is 428 g/mol. The van der Waals surface area contributed by atoms with Gasteiger partial charge in [-0.25, -0.2) is 4.79 Å². The minimum Gasteiger partial charge on any atom is -0.456 e. The van der Waals surface area contributed by atoms with Crippen LogP contribution in [0.1, 0.15) is 15.9 Å². The highest BCUT2D eigenvalue weighted by Gasteiger charge is 2.24. The third-order valence-corrected chi connectivity index (χ3v) is 5.27. The zero-order chi connectivity index (χ0) is 20.5. The molecule has 0 atom stereocenters. The number of rotatable bonds is 5. The Bertz CT molecular complexity index is 1180. The molecule has 0 saturated heterocycles. The number of carbonyl (C=O) groups is 3. The van der Waals surface area contributed by atoms with E-state index in [1.165, 1.54) is 0 Å². The van der Waals surface area contributed by atoms with Crippen LogP contribution in [0.25, 0.3) is 10.9 Å². The van der Waals surface area contributed by atoms with Crippen LogP contribution in [0.3, 0.4) is 0 Å². The summed E-state index contributed by atoms with van der Waals surface area (Å²) >= 11 is 12.6. The van der Waals surface area contributed by atoms with E-state index in [0.29, 0.717) is 27.5 Å². The number of Topliss-reactive ketones (excluding diaryl/α,β-unsaturated/α-hetero) is 1. The molecule has 0 fully saturated rings. The number of aromatic nitrogens is 1. The maximum absolute atomic E-state index is 12.8. The van der Waals surface area contributed by atoms with E-state index in [1.54, 1.807) is 36.5 Å². The Hall–Kier alpha value is -3.09. The van der Waals surface area contributed by atoms with Crippen LogP contribution in [0.15, 0.2) is 60.4 Å². The van der Waals surface area contributed by atoms with Gasteiger partial charge in [-0.3, -0.25) is 9.59 Å². The number of halogens is 2. The number of carbonyl (C=O) groups excluding carboxylic acids is 3. The molecule has 2 aromatic carbocycles. The lowest BCUT2D eigenvalue weighted by molar-refractivity contribution is -0.135. The van der Waals surface area contributed by atoms with Crippen molar-refractivity contribution < 1.29 is 19.1 Å². The maximum Gasteiger partial charge on any atom is 0.333 e. The molecule has 29 heavy (non-hydrogen) atoms. The van der Waals surface area contributed by atoms with E-state index >= 15 is 0 Å². The summed E-state index contributed by atoms with van der Waals surface area (Å²) in [5.41, 5.74) is 1.97. The second-order valence-electron chi connectivity index (χ2n) is 6.45. The number of hydrogen-bond donors (Lipinski definition) is 1. The molecule has 1 aliphatic rings. The zero-order valence-corrected chi connectivity index (χ0v) is 16.5. The fourth-order valence-electron chi connectivity index (χ4n) is 3.18. The Balaban J connectivity index is 1.69. The van der Waals surface area contributed by atoms with Crippen LogP contribution in [0.4, 0.5) is 0 Å². The number of ketones is 1. The van der Waals surface area contributed by atoms with Crippen molar-refractivity contribution in [3.63, 3.8) is 0 Å². The van der Waals surface area contributed by atoms with Crippen LogP contribution in [0, 0.1) is 0 Å². The summed E-state index contributed by atoms with van der Waals surface area (Å²) in [6.07, 6.45) is 2.75. The first kappa shape index (κ1) is 19.2. The summed E-state index contributed by atoms with van der Waals surface area (Å²) in [5, 5.41) is 4.08. The molecule has 0 bridgehead atoms. The first-order valence-corrected chi connectivity index (χ1v) is 9.43. The molecule has 1 amide bonds. The molecule has 1 N–H and O–H groups in total. The molecule has 2 heterocycles. The molecule has 0 radical (unpaired) electrons. The first-order chi connectivity index (χ1) is 13.9. The third kappa shape index (κ3) is 3.77. The van der Waals surface area contributed by atoms with Crippen LogP contribution in [-0.4, -0.2) is 28.8 Å². The summed E-state index contributed by atoms with van der Waals surface area (Å²) in [5.74, 6) is -2.11. The number of ether oxygens (including phenoxy) is 1. The van der Waals surface area contributed by atoms with Gasteiger partial charge in [0.2, 0.25) is 0 Å². The summed E-state index contributed by atoms with van der Waals surface area (Å²) in [4.78, 5) is 36.3. The summed E-state index contributed by atoms with van der Waals surface area (Å²) < 4.78 is 6.55. The first-order valence-electron chi connectivity index (χ1n) is 8.68. The molecule has 146 valence electrons. The van der Waals surface area contributed by atoms with Gasteiger partial charge in [0.15, 0.2) is 0 Å². The maximum atomic E-state index is 12.8. The second-order valence-corrected chi connectivity index (χ2v) is 7.26. The molecule has 0 unspecified atom stereocenters. The molecule has 4 rings (SSSR count). The van der Waals surface area contributed by atoms with Crippen LogP contribution in [0.2, 0.25) is 10.0 Å². The molecule has 1 aromatic heterocycles. The fraction of sp³-hybridized carbons (Fsp3) is 0.0952. The van der Waals surface area contributed by atoms with E-state index in [9.17, 15) is 14.4 Å². The smallest absolute Gasteiger partial charge is 0.333 e. The SMILES string of the molecule is O=C1C=C(NC(=O)C(=O)c2cn(Cc3c(Cl)cccc3Cl)c3ccccc23)CO1. The minimum absolute atomic E-state index is 0.0649. The largest absolute Gasteiger partial charge is 0.456 e. The van der Waals surface area contributed by atoms with E-state index in [-0.39, 0.29) is 17.9 Å². The average molecular weight is 429 g/mol. The van der Waals surface area contributed by atoms with Gasteiger partial charge in [0.1, 0.15) is 6.61 Å². The van der Waals surface area contributed by atoms with E-state index < -0.39 is 17.7 Å². The number of amides is 1. The number of hydrogen-bond acceptors (Lipinski definition) is 4. The normalized spacial score (nSPS) is 13.3. The van der Waals surface area contributed by atoms with Gasteiger partial charge in [-0.2, -0.15) is 0 Å². The van der Waals surface area contributed by atoms with Crippen molar-refractivity contribution in [2.24, 2.45) is 0 Å². The molecule has 3 aromatic rings. The van der Waals surface area contributed by atoms with Gasteiger partial charge in [-0.05, 0) is 18.2 Å². The van der Waals surface area contributed by atoms with Crippen molar-refractivity contribution in [3.05, 3.63) is 81.6 Å². The van der Waals surface area contributed by atoms with Crippen molar-refractivity contribution in [1.29, 1.82) is 0 Å². The fourth-order valence-corrected chi connectivity index (χ4v) is 3.70. The molecule has 6 nitrogen and oxygen atoms in total. The molecular weight excluding hydrogens is 415 g/mol. The zero-order valence-electron chi connectivity index (χ0n) is 14.9. The second kappa shape index (κ2) is 7.73. The molecule has 0 aliphatic carbocycles. The number of nitrogens with one attached hydrogen (secondary N) is 1. The van der Waals surface area contributed by atoms with Crippen LogP contribution in [-0.2, 0) is 20.9 Å². The highest BCUT2D eigenvalue weighted by molar-refractivity contribution is 6.45. The van der Waals surface area contributed by atoms with E-state index in [1.807, 2.05) is 16.7 Å². The number of benzene rings is 2. The van der Waals surface area contributed by atoms with Gasteiger partial charge in [-0.15, -0.1) is 0 Å². The van der Waals surface area contributed by atoms with Crippen molar-refractivity contribution in [2.75, 3.05) is 6.61 Å². The Labute approximate surface area is 175 Å². The number of nitrogens with zero attached hydrogens (tertiary/aromatic N) is 1. The summed E-state index contributed by atoms with van der Waals surface area (Å²) in [7, 11) is 0. The van der Waals surface area contributed by atoms with Gasteiger partial charge in [-0.1, -0.05) is 47.5 Å². The van der Waals surface area contributed by atoms with Gasteiger partial charge >= 0.3 is 5.97 Å². The quantitative estimate of drug-likeness (QED) is 0.381. The highest BCUT2D eigenvalue weighted by atomic mass is 35.5. The molecule has 1 aliphatic heterocycles. The molecular formula is C21H14Cl2N2O4. The topological polar surface area (TPSA) is 77.4 Å². The third-order valence-electron chi connectivity index (χ3n) is 4.57. The van der Waals surface area contributed by atoms with Crippen molar-refractivity contribution in [2.45, 2.75) is 6.54 Å². The van der Waals surface area contributed by atoms with Crippen molar-refractivity contribution in [1.82, 2.24) is 9.88 Å². The molecule has 0 saturated carbocycles. The van der Waals surface area contributed by atoms with Crippen LogP contribution in [0.5, 0.6) is 0 Å². The Morgan fingerprint density at radius 2 is 1.79 bits per heavy atom. The average Bonchev–Trinajstić information content (AvgIpc) is 3.28. The van der Waals surface area contributed by atoms with Gasteiger partial charge in [0.05, 0.1) is 17.8 Å². The number of para-hydroxylation sites is 1. The van der Waals surface area contributed by atoms with E-state index in [2.05, 4.69) is 5.32 Å². The molecule has 8 heteroatoms. The van der Waals surface area contributed by atoms with E-state index in [4.69, 9.17) is 27.9 Å². The van der Waals surface area contributed by atoms with Crippen molar-refractivity contribution in [3.8, 4) is 0 Å². The number of fused-ring (bicyclic) bond motifs is 1.